The average molecular weight is 308 g/mol. The molecule has 2 N–H and O–H groups in total. The molecular weight excluding hydrogens is 298 g/mol. The van der Waals surface area contributed by atoms with Gasteiger partial charge in [0, 0.05) is 11.6 Å². The van der Waals surface area contributed by atoms with Gasteiger partial charge in [0.1, 0.15) is 6.07 Å². The van der Waals surface area contributed by atoms with Gasteiger partial charge in [-0.1, -0.05) is 23.7 Å². The lowest BCUT2D eigenvalue weighted by Gasteiger charge is -2.08. The van der Waals surface area contributed by atoms with E-state index >= 15 is 0 Å². The van der Waals surface area contributed by atoms with Crippen molar-refractivity contribution >= 4 is 46.8 Å². The van der Waals surface area contributed by atoms with Gasteiger partial charge in [-0.2, -0.15) is 5.26 Å². The monoisotopic (exact) mass is 307 g/mol. The van der Waals surface area contributed by atoms with Gasteiger partial charge in [0.2, 0.25) is 0 Å². The number of hydrogen-bond acceptors (Lipinski definition) is 5. The first-order chi connectivity index (χ1) is 9.58. The molecule has 1 aromatic carbocycles. The minimum absolute atomic E-state index is 0.109. The van der Waals surface area contributed by atoms with Gasteiger partial charge in [0.05, 0.1) is 28.4 Å². The molecule has 1 heterocycles. The van der Waals surface area contributed by atoms with Crippen molar-refractivity contribution in [3.63, 3.8) is 0 Å². The van der Waals surface area contributed by atoms with E-state index in [2.05, 4.69) is 27.7 Å². The van der Waals surface area contributed by atoms with Crippen LogP contribution in [0.25, 0.3) is 10.9 Å². The molecule has 0 atom stereocenters. The number of methoxy groups -OCH3 is 1. The van der Waals surface area contributed by atoms with Gasteiger partial charge < -0.3 is 15.0 Å². The predicted octanol–water partition coefficient (Wildman–Crippen LogP) is 3.07. The number of hydrogen-bond donors (Lipinski definition) is 3. The number of fused-ring (bicyclic) bond motifs is 1. The van der Waals surface area contributed by atoms with Crippen LogP contribution in [0.2, 0.25) is 5.02 Å². The number of nitriles is 1. The first-order valence-electron chi connectivity index (χ1n) is 5.52. The van der Waals surface area contributed by atoms with E-state index in [1.54, 1.807) is 24.4 Å². The van der Waals surface area contributed by atoms with Crippen LogP contribution in [-0.2, 0) is 9.53 Å². The van der Waals surface area contributed by atoms with Crippen molar-refractivity contribution in [2.24, 2.45) is 0 Å². The minimum Gasteiger partial charge on any atom is -0.465 e. The lowest BCUT2D eigenvalue weighted by atomic mass is 10.2. The maximum Gasteiger partial charge on any atom is 0.351 e. The molecule has 2 rings (SSSR count). The van der Waals surface area contributed by atoms with E-state index < -0.39 is 5.97 Å². The molecule has 2 aromatic rings. The highest BCUT2D eigenvalue weighted by Crippen LogP contribution is 2.29. The number of esters is 1. The molecule has 0 spiro atoms. The number of anilines is 1. The Morgan fingerprint density at radius 2 is 2.30 bits per heavy atom. The van der Waals surface area contributed by atoms with E-state index in [-0.39, 0.29) is 10.6 Å². The van der Waals surface area contributed by atoms with Crippen molar-refractivity contribution in [2.75, 3.05) is 12.4 Å². The van der Waals surface area contributed by atoms with E-state index in [1.165, 1.54) is 7.11 Å². The van der Waals surface area contributed by atoms with Crippen molar-refractivity contribution < 1.29 is 9.53 Å². The first-order valence-corrected chi connectivity index (χ1v) is 6.35. The van der Waals surface area contributed by atoms with Gasteiger partial charge in [-0.25, -0.2) is 4.79 Å². The van der Waals surface area contributed by atoms with Crippen LogP contribution < -0.4 is 5.32 Å². The number of thiol groups is 1. The molecular formula is C13H10ClN3O2S. The highest BCUT2D eigenvalue weighted by atomic mass is 35.5. The first kappa shape index (κ1) is 14.3. The second kappa shape index (κ2) is 5.90. The molecule has 102 valence electrons. The highest BCUT2D eigenvalue weighted by Gasteiger charge is 2.15. The molecule has 0 aliphatic carbocycles. The molecule has 5 nitrogen and oxygen atoms in total. The van der Waals surface area contributed by atoms with Crippen LogP contribution in [0.1, 0.15) is 0 Å². The summed E-state index contributed by atoms with van der Waals surface area (Å²) in [7, 11) is 1.20. The lowest BCUT2D eigenvalue weighted by Crippen LogP contribution is -2.08. The van der Waals surface area contributed by atoms with Gasteiger partial charge in [-0.15, -0.1) is 12.6 Å². The molecule has 0 saturated heterocycles. The van der Waals surface area contributed by atoms with Crippen molar-refractivity contribution in [2.45, 2.75) is 0 Å². The van der Waals surface area contributed by atoms with Gasteiger partial charge >= 0.3 is 5.97 Å². The van der Waals surface area contributed by atoms with Crippen LogP contribution in [0, 0.1) is 11.3 Å². The number of benzene rings is 1. The fourth-order valence-electron chi connectivity index (χ4n) is 1.71. The van der Waals surface area contributed by atoms with Crippen LogP contribution in [0.5, 0.6) is 0 Å². The Bertz CT molecular complexity index is 746. The topological polar surface area (TPSA) is 77.9 Å². The largest absolute Gasteiger partial charge is 0.465 e. The number of aromatic nitrogens is 1. The maximum absolute atomic E-state index is 11.4. The zero-order valence-corrected chi connectivity index (χ0v) is 12.0. The SMILES string of the molecule is COC(=O)/C(C#N)=C(/S)Nc1cccc2c(Cl)c[nH]c12. The summed E-state index contributed by atoms with van der Waals surface area (Å²) in [6.07, 6.45) is 1.66. The third kappa shape index (κ3) is 2.59. The number of carbonyl (C=O) groups is 1. The van der Waals surface area contributed by atoms with E-state index in [9.17, 15) is 4.79 Å². The number of halogens is 1. The van der Waals surface area contributed by atoms with Crippen LogP contribution in [0.4, 0.5) is 5.69 Å². The molecule has 1 aromatic heterocycles. The van der Waals surface area contributed by atoms with Crippen molar-refractivity contribution in [1.82, 2.24) is 4.98 Å². The number of aromatic amines is 1. The standard InChI is InChI=1S/C13H10ClN3O2S/c1-19-13(18)8(5-15)12(20)17-10-4-2-3-7-9(14)6-16-11(7)10/h2-4,6,16-17,20H,1H3/b12-8+. The number of nitrogens with zero attached hydrogens (tertiary/aromatic N) is 1. The van der Waals surface area contributed by atoms with Crippen molar-refractivity contribution in [3.8, 4) is 6.07 Å². The Morgan fingerprint density at radius 1 is 1.55 bits per heavy atom. The van der Waals surface area contributed by atoms with Crippen LogP contribution >= 0.6 is 24.2 Å². The average Bonchev–Trinajstić information content (AvgIpc) is 2.82. The quantitative estimate of drug-likeness (QED) is 0.352. The molecule has 0 fully saturated rings. The molecule has 0 aliphatic rings. The summed E-state index contributed by atoms with van der Waals surface area (Å²) in [6.45, 7) is 0. The van der Waals surface area contributed by atoms with Gasteiger partial charge in [-0.05, 0) is 6.07 Å². The van der Waals surface area contributed by atoms with E-state index in [4.69, 9.17) is 16.9 Å². The van der Waals surface area contributed by atoms with Crippen LogP contribution in [0.15, 0.2) is 35.0 Å². The molecule has 0 amide bonds. The summed E-state index contributed by atoms with van der Waals surface area (Å²) in [5.74, 6) is -0.748. The number of rotatable bonds is 3. The molecule has 0 saturated carbocycles. The van der Waals surface area contributed by atoms with Gasteiger partial charge in [0.25, 0.3) is 0 Å². The summed E-state index contributed by atoms with van der Waals surface area (Å²) < 4.78 is 4.52. The molecule has 0 unspecified atom stereocenters. The zero-order chi connectivity index (χ0) is 14.7. The summed E-state index contributed by atoms with van der Waals surface area (Å²) in [6, 6.07) is 7.19. The normalized spacial score (nSPS) is 11.7. The Labute approximate surface area is 125 Å². The summed E-state index contributed by atoms with van der Waals surface area (Å²) in [5, 5.41) is 13.4. The second-order valence-corrected chi connectivity index (χ2v) is 4.67. The highest BCUT2D eigenvalue weighted by molar-refractivity contribution is 7.84. The minimum atomic E-state index is -0.748. The number of carbonyl (C=O) groups excluding carboxylic acids is 1. The van der Waals surface area contributed by atoms with Crippen molar-refractivity contribution in [3.05, 3.63) is 40.0 Å². The number of H-pyrrole nitrogens is 1. The molecule has 0 aliphatic heterocycles. The van der Waals surface area contributed by atoms with E-state index in [0.29, 0.717) is 10.7 Å². The van der Waals surface area contributed by atoms with Gasteiger partial charge in [0.15, 0.2) is 5.57 Å². The van der Waals surface area contributed by atoms with Gasteiger partial charge in [-0.3, -0.25) is 0 Å². The summed E-state index contributed by atoms with van der Waals surface area (Å²) in [4.78, 5) is 14.4. The number of nitrogens with one attached hydrogen (secondary N) is 2. The smallest absolute Gasteiger partial charge is 0.351 e. The second-order valence-electron chi connectivity index (χ2n) is 3.82. The zero-order valence-electron chi connectivity index (χ0n) is 10.4. The van der Waals surface area contributed by atoms with Crippen molar-refractivity contribution in [1.29, 1.82) is 5.26 Å². The summed E-state index contributed by atoms with van der Waals surface area (Å²) in [5.41, 5.74) is 1.20. The third-order valence-electron chi connectivity index (χ3n) is 2.66. The third-order valence-corrected chi connectivity index (χ3v) is 3.30. The summed E-state index contributed by atoms with van der Waals surface area (Å²) >= 11 is 10.2. The van der Waals surface area contributed by atoms with Crippen LogP contribution in [-0.4, -0.2) is 18.1 Å². The molecule has 0 bridgehead atoms. The maximum atomic E-state index is 11.4. The Morgan fingerprint density at radius 3 is 2.95 bits per heavy atom. The van der Waals surface area contributed by atoms with Crippen LogP contribution in [0.3, 0.4) is 0 Å². The van der Waals surface area contributed by atoms with E-state index in [1.807, 2.05) is 6.07 Å². The predicted molar refractivity (Wildman–Crippen MR) is 80.6 cm³/mol. The number of ether oxygens (including phenoxy) is 1. The molecule has 0 radical (unpaired) electrons. The lowest BCUT2D eigenvalue weighted by molar-refractivity contribution is -0.135. The molecule has 20 heavy (non-hydrogen) atoms. The molecule has 7 heteroatoms. The Balaban J connectivity index is 2.44. The number of para-hydroxylation sites is 1. The fraction of sp³-hybridized carbons (Fsp3) is 0.0769. The Kier molecular flexibility index (Phi) is 4.23. The fourth-order valence-corrected chi connectivity index (χ4v) is 2.19. The van der Waals surface area contributed by atoms with E-state index in [0.717, 1.165) is 10.9 Å². The Hall–Kier alpha value is -2.10.